The molecular formula is C21H23BrN4S. The number of benzene rings is 2. The van der Waals surface area contributed by atoms with Crippen LogP contribution in [0.25, 0.3) is 0 Å². The lowest BCUT2D eigenvalue weighted by molar-refractivity contribution is 0.687. The lowest BCUT2D eigenvalue weighted by Gasteiger charge is -2.12. The number of hydrogen-bond acceptors (Lipinski definition) is 2. The Bertz CT molecular complexity index is 887. The van der Waals surface area contributed by atoms with Gasteiger partial charge in [0.05, 0.1) is 18.4 Å². The fraction of sp³-hybridized carbons (Fsp3) is 0.238. The SMILES string of the molecule is CCC(C)c1ccc(NC(=S)Nc2cnn(Cc3ccc(Br)cc3)c2)cc1. The second kappa shape index (κ2) is 9.15. The highest BCUT2D eigenvalue weighted by Crippen LogP contribution is 2.20. The van der Waals surface area contributed by atoms with Gasteiger partial charge in [0.2, 0.25) is 0 Å². The van der Waals surface area contributed by atoms with Gasteiger partial charge in [-0.1, -0.05) is 54.0 Å². The quantitative estimate of drug-likeness (QED) is 0.458. The fourth-order valence-electron chi connectivity index (χ4n) is 2.72. The van der Waals surface area contributed by atoms with Crippen molar-refractivity contribution in [2.45, 2.75) is 32.7 Å². The van der Waals surface area contributed by atoms with E-state index in [2.05, 4.69) is 81.9 Å². The molecular weight excluding hydrogens is 420 g/mol. The molecule has 0 saturated carbocycles. The van der Waals surface area contributed by atoms with E-state index in [1.54, 1.807) is 6.20 Å². The third kappa shape index (κ3) is 5.65. The third-order valence-corrected chi connectivity index (χ3v) is 5.23. The van der Waals surface area contributed by atoms with Gasteiger partial charge in [0, 0.05) is 16.4 Å². The molecule has 1 atom stereocenters. The molecule has 27 heavy (non-hydrogen) atoms. The maximum absolute atomic E-state index is 5.41. The summed E-state index contributed by atoms with van der Waals surface area (Å²) in [6, 6.07) is 16.6. The monoisotopic (exact) mass is 442 g/mol. The van der Waals surface area contributed by atoms with Crippen LogP contribution in [0.3, 0.4) is 0 Å². The molecule has 1 heterocycles. The van der Waals surface area contributed by atoms with Gasteiger partial charge in [-0.3, -0.25) is 4.68 Å². The maximum Gasteiger partial charge on any atom is 0.175 e. The summed E-state index contributed by atoms with van der Waals surface area (Å²) in [7, 11) is 0. The van der Waals surface area contributed by atoms with E-state index in [-0.39, 0.29) is 0 Å². The summed E-state index contributed by atoms with van der Waals surface area (Å²) in [5, 5.41) is 11.3. The Morgan fingerprint density at radius 2 is 1.74 bits per heavy atom. The van der Waals surface area contributed by atoms with Crippen LogP contribution in [-0.2, 0) is 6.54 Å². The van der Waals surface area contributed by atoms with Crippen molar-refractivity contribution in [3.8, 4) is 0 Å². The van der Waals surface area contributed by atoms with E-state index in [9.17, 15) is 0 Å². The van der Waals surface area contributed by atoms with Crippen molar-refractivity contribution >= 4 is 44.6 Å². The fourth-order valence-corrected chi connectivity index (χ4v) is 3.22. The van der Waals surface area contributed by atoms with E-state index in [1.165, 1.54) is 11.1 Å². The number of thiocarbonyl (C=S) groups is 1. The van der Waals surface area contributed by atoms with Crippen molar-refractivity contribution in [2.24, 2.45) is 0 Å². The topological polar surface area (TPSA) is 41.9 Å². The van der Waals surface area contributed by atoms with Crippen LogP contribution in [-0.4, -0.2) is 14.9 Å². The Labute approximate surface area is 174 Å². The first-order valence-electron chi connectivity index (χ1n) is 8.98. The number of halogens is 1. The molecule has 1 unspecified atom stereocenters. The molecule has 0 saturated heterocycles. The van der Waals surface area contributed by atoms with Crippen LogP contribution in [0, 0.1) is 0 Å². The van der Waals surface area contributed by atoms with Crippen LogP contribution in [0.15, 0.2) is 65.4 Å². The second-order valence-corrected chi connectivity index (χ2v) is 7.89. The Kier molecular flexibility index (Phi) is 6.63. The number of anilines is 2. The van der Waals surface area contributed by atoms with Crippen molar-refractivity contribution in [1.29, 1.82) is 0 Å². The lowest BCUT2D eigenvalue weighted by Crippen LogP contribution is -2.18. The van der Waals surface area contributed by atoms with Gasteiger partial charge in [0.1, 0.15) is 0 Å². The molecule has 0 fully saturated rings. The summed E-state index contributed by atoms with van der Waals surface area (Å²) in [5.74, 6) is 0.570. The van der Waals surface area contributed by atoms with Gasteiger partial charge in [-0.2, -0.15) is 5.10 Å². The summed E-state index contributed by atoms with van der Waals surface area (Å²) in [5.41, 5.74) is 4.37. The molecule has 0 amide bonds. The van der Waals surface area contributed by atoms with Crippen LogP contribution >= 0.6 is 28.1 Å². The molecule has 2 N–H and O–H groups in total. The number of nitrogens with one attached hydrogen (secondary N) is 2. The van der Waals surface area contributed by atoms with Crippen LogP contribution in [0.4, 0.5) is 11.4 Å². The summed E-state index contributed by atoms with van der Waals surface area (Å²) in [6.07, 6.45) is 4.86. The highest BCUT2D eigenvalue weighted by atomic mass is 79.9. The van der Waals surface area contributed by atoms with Gasteiger partial charge < -0.3 is 10.6 Å². The summed E-state index contributed by atoms with van der Waals surface area (Å²) < 4.78 is 2.96. The molecule has 3 rings (SSSR count). The maximum atomic E-state index is 5.41. The first-order chi connectivity index (χ1) is 13.0. The highest BCUT2D eigenvalue weighted by molar-refractivity contribution is 9.10. The largest absolute Gasteiger partial charge is 0.332 e. The Morgan fingerprint density at radius 1 is 1.07 bits per heavy atom. The average Bonchev–Trinajstić information content (AvgIpc) is 3.10. The number of nitrogens with zero attached hydrogens (tertiary/aromatic N) is 2. The van der Waals surface area contributed by atoms with Gasteiger partial charge in [-0.05, 0) is 59.9 Å². The molecule has 2 aromatic carbocycles. The zero-order valence-electron chi connectivity index (χ0n) is 15.4. The normalized spacial score (nSPS) is 11.8. The predicted molar refractivity (Wildman–Crippen MR) is 120 cm³/mol. The van der Waals surface area contributed by atoms with Crippen LogP contribution < -0.4 is 10.6 Å². The van der Waals surface area contributed by atoms with E-state index >= 15 is 0 Å². The van der Waals surface area contributed by atoms with E-state index < -0.39 is 0 Å². The zero-order valence-corrected chi connectivity index (χ0v) is 17.8. The second-order valence-electron chi connectivity index (χ2n) is 6.56. The van der Waals surface area contributed by atoms with Crippen molar-refractivity contribution in [3.05, 3.63) is 76.5 Å². The van der Waals surface area contributed by atoms with Crippen LogP contribution in [0.2, 0.25) is 0 Å². The smallest absolute Gasteiger partial charge is 0.175 e. The summed E-state index contributed by atoms with van der Waals surface area (Å²) in [6.45, 7) is 5.15. The lowest BCUT2D eigenvalue weighted by atomic mass is 9.99. The first kappa shape index (κ1) is 19.6. The molecule has 3 aromatic rings. The van der Waals surface area contributed by atoms with E-state index in [0.29, 0.717) is 17.6 Å². The minimum absolute atomic E-state index is 0.550. The number of hydrogen-bond donors (Lipinski definition) is 2. The van der Waals surface area contributed by atoms with Gasteiger partial charge in [-0.25, -0.2) is 0 Å². The number of aromatic nitrogens is 2. The standard InChI is InChI=1S/C21H23BrN4S/c1-3-15(2)17-6-10-19(11-7-17)24-21(27)25-20-12-23-26(14-20)13-16-4-8-18(22)9-5-16/h4-12,14-15H,3,13H2,1-2H3,(H2,24,25,27). The average molecular weight is 443 g/mol. The summed E-state index contributed by atoms with van der Waals surface area (Å²) >= 11 is 8.86. The minimum Gasteiger partial charge on any atom is -0.332 e. The molecule has 0 aliphatic heterocycles. The van der Waals surface area contributed by atoms with E-state index in [1.807, 2.05) is 23.0 Å². The van der Waals surface area contributed by atoms with Gasteiger partial charge in [0.25, 0.3) is 0 Å². The predicted octanol–water partition coefficient (Wildman–Crippen LogP) is 6.02. The summed E-state index contributed by atoms with van der Waals surface area (Å²) in [4.78, 5) is 0. The van der Waals surface area contributed by atoms with Crippen molar-refractivity contribution in [2.75, 3.05) is 10.6 Å². The molecule has 1 aromatic heterocycles. The molecule has 0 aliphatic rings. The third-order valence-electron chi connectivity index (χ3n) is 4.50. The molecule has 6 heteroatoms. The van der Waals surface area contributed by atoms with Crippen LogP contribution in [0.1, 0.15) is 37.3 Å². The van der Waals surface area contributed by atoms with Gasteiger partial charge in [-0.15, -0.1) is 0 Å². The molecule has 4 nitrogen and oxygen atoms in total. The van der Waals surface area contributed by atoms with Crippen molar-refractivity contribution in [3.63, 3.8) is 0 Å². The highest BCUT2D eigenvalue weighted by Gasteiger charge is 2.05. The van der Waals surface area contributed by atoms with Crippen molar-refractivity contribution < 1.29 is 0 Å². The van der Waals surface area contributed by atoms with E-state index in [4.69, 9.17) is 12.2 Å². The Morgan fingerprint density at radius 3 is 2.41 bits per heavy atom. The Hall–Kier alpha value is -2.18. The molecule has 0 aliphatic carbocycles. The minimum atomic E-state index is 0.550. The first-order valence-corrected chi connectivity index (χ1v) is 10.2. The molecule has 0 bridgehead atoms. The van der Waals surface area contributed by atoms with Gasteiger partial charge >= 0.3 is 0 Å². The van der Waals surface area contributed by atoms with Crippen molar-refractivity contribution in [1.82, 2.24) is 9.78 Å². The van der Waals surface area contributed by atoms with Gasteiger partial charge in [0.15, 0.2) is 5.11 Å². The zero-order chi connectivity index (χ0) is 19.2. The number of rotatable bonds is 6. The molecule has 0 radical (unpaired) electrons. The molecule has 140 valence electrons. The molecule has 0 spiro atoms. The Balaban J connectivity index is 1.55. The van der Waals surface area contributed by atoms with Crippen LogP contribution in [0.5, 0.6) is 0 Å². The van der Waals surface area contributed by atoms with E-state index in [0.717, 1.165) is 22.3 Å².